The predicted molar refractivity (Wildman–Crippen MR) is 86.9 cm³/mol. The molecule has 1 aliphatic rings. The van der Waals surface area contributed by atoms with E-state index in [0.29, 0.717) is 11.9 Å². The molecule has 116 valence electrons. The third-order valence-electron chi connectivity index (χ3n) is 4.47. The molecule has 1 aromatic carbocycles. The van der Waals surface area contributed by atoms with Crippen molar-refractivity contribution < 1.29 is 4.92 Å². The molecule has 3 rings (SSSR count). The van der Waals surface area contributed by atoms with Crippen molar-refractivity contribution in [2.75, 3.05) is 11.9 Å². The molecule has 1 saturated carbocycles. The Hall–Kier alpha value is -2.21. The summed E-state index contributed by atoms with van der Waals surface area (Å²) in [5.41, 5.74) is 7.22. The van der Waals surface area contributed by atoms with Crippen LogP contribution in [0.15, 0.2) is 30.6 Å². The zero-order valence-corrected chi connectivity index (χ0v) is 12.4. The van der Waals surface area contributed by atoms with Crippen LogP contribution in [-0.4, -0.2) is 22.0 Å². The zero-order chi connectivity index (χ0) is 15.6. The smallest absolute Gasteiger partial charge is 0.278 e. The number of aromatic nitrogens is 1. The number of nitrogens with one attached hydrogen (secondary N) is 1. The van der Waals surface area contributed by atoms with E-state index in [4.69, 9.17) is 5.73 Å². The molecular formula is C16H20N4O2. The molecule has 6 heteroatoms. The molecule has 0 aliphatic heterocycles. The number of rotatable bonds is 4. The first-order valence-electron chi connectivity index (χ1n) is 7.63. The van der Waals surface area contributed by atoms with E-state index in [0.717, 1.165) is 23.9 Å². The molecule has 1 heterocycles. The van der Waals surface area contributed by atoms with Gasteiger partial charge < -0.3 is 11.1 Å². The second-order valence-electron chi connectivity index (χ2n) is 6.09. The fourth-order valence-electron chi connectivity index (χ4n) is 3.19. The zero-order valence-electron chi connectivity index (χ0n) is 12.4. The molecule has 0 saturated heterocycles. The van der Waals surface area contributed by atoms with E-state index < -0.39 is 0 Å². The first-order valence-corrected chi connectivity index (χ1v) is 7.63. The van der Waals surface area contributed by atoms with Gasteiger partial charge in [0, 0.05) is 41.6 Å². The van der Waals surface area contributed by atoms with Gasteiger partial charge in [-0.2, -0.15) is 0 Å². The third kappa shape index (κ3) is 2.87. The van der Waals surface area contributed by atoms with Crippen molar-refractivity contribution in [3.05, 3.63) is 40.7 Å². The Morgan fingerprint density at radius 2 is 2.00 bits per heavy atom. The lowest BCUT2D eigenvalue weighted by molar-refractivity contribution is -0.383. The number of nitro groups is 1. The molecule has 22 heavy (non-hydrogen) atoms. The maximum atomic E-state index is 11.1. The van der Waals surface area contributed by atoms with E-state index in [1.54, 1.807) is 18.3 Å². The molecule has 0 radical (unpaired) electrons. The molecule has 0 spiro atoms. The Balaban J connectivity index is 1.88. The number of fused-ring (bicyclic) bond motifs is 1. The van der Waals surface area contributed by atoms with Crippen molar-refractivity contribution in [2.24, 2.45) is 5.73 Å². The molecular weight excluding hydrogens is 280 g/mol. The second kappa shape index (κ2) is 5.88. The van der Waals surface area contributed by atoms with Crippen molar-refractivity contribution in [2.45, 2.75) is 37.6 Å². The minimum Gasteiger partial charge on any atom is -0.383 e. The van der Waals surface area contributed by atoms with E-state index in [-0.39, 0.29) is 16.1 Å². The van der Waals surface area contributed by atoms with Crippen molar-refractivity contribution >= 4 is 22.1 Å². The van der Waals surface area contributed by atoms with Crippen LogP contribution < -0.4 is 11.1 Å². The summed E-state index contributed by atoms with van der Waals surface area (Å²) in [7, 11) is 0. The highest BCUT2D eigenvalue weighted by Crippen LogP contribution is 2.32. The Morgan fingerprint density at radius 3 is 2.73 bits per heavy atom. The normalized spacial score (nSPS) is 17.3. The fraction of sp³-hybridized carbons (Fsp3) is 0.438. The van der Waals surface area contributed by atoms with Crippen molar-refractivity contribution in [1.29, 1.82) is 0 Å². The number of nitrogens with two attached hydrogens (primary N) is 1. The first-order chi connectivity index (χ1) is 10.6. The summed E-state index contributed by atoms with van der Waals surface area (Å²) in [6, 6.07) is 5.08. The van der Waals surface area contributed by atoms with Crippen LogP contribution in [0.2, 0.25) is 0 Å². The molecule has 0 bridgehead atoms. The van der Waals surface area contributed by atoms with Crippen LogP contribution >= 0.6 is 0 Å². The third-order valence-corrected chi connectivity index (χ3v) is 4.47. The number of nitro benzene ring substituents is 1. The lowest BCUT2D eigenvalue weighted by Crippen LogP contribution is -2.47. The maximum Gasteiger partial charge on any atom is 0.278 e. The molecule has 0 amide bonds. The SMILES string of the molecule is NC1(CNc2ccc([N+](=O)[O-])c3cnccc23)CCCCC1. The average Bonchev–Trinajstić information content (AvgIpc) is 2.53. The van der Waals surface area contributed by atoms with Gasteiger partial charge >= 0.3 is 0 Å². The number of nitrogens with zero attached hydrogens (tertiary/aromatic N) is 2. The van der Waals surface area contributed by atoms with Crippen molar-refractivity contribution in [1.82, 2.24) is 4.98 Å². The number of benzene rings is 1. The monoisotopic (exact) mass is 300 g/mol. The van der Waals surface area contributed by atoms with Gasteiger partial charge in [0.25, 0.3) is 5.69 Å². The van der Waals surface area contributed by atoms with Crippen molar-refractivity contribution in [3.63, 3.8) is 0 Å². The Labute approximate surface area is 128 Å². The van der Waals surface area contributed by atoms with Gasteiger partial charge in [-0.25, -0.2) is 0 Å². The van der Waals surface area contributed by atoms with Gasteiger partial charge in [-0.1, -0.05) is 19.3 Å². The highest BCUT2D eigenvalue weighted by Gasteiger charge is 2.27. The largest absolute Gasteiger partial charge is 0.383 e. The van der Waals surface area contributed by atoms with Crippen LogP contribution in [-0.2, 0) is 0 Å². The maximum absolute atomic E-state index is 11.1. The number of hydrogen-bond acceptors (Lipinski definition) is 5. The minimum absolute atomic E-state index is 0.0776. The van der Waals surface area contributed by atoms with Crippen LogP contribution in [0.1, 0.15) is 32.1 Å². The van der Waals surface area contributed by atoms with Gasteiger partial charge in [0.2, 0.25) is 0 Å². The van der Waals surface area contributed by atoms with E-state index in [1.165, 1.54) is 31.5 Å². The van der Waals surface area contributed by atoms with E-state index >= 15 is 0 Å². The van der Waals surface area contributed by atoms with E-state index in [1.807, 2.05) is 0 Å². The summed E-state index contributed by atoms with van der Waals surface area (Å²) >= 11 is 0. The molecule has 0 atom stereocenters. The van der Waals surface area contributed by atoms with Gasteiger partial charge in [-0.3, -0.25) is 15.1 Å². The fourth-order valence-corrected chi connectivity index (χ4v) is 3.19. The first kappa shape index (κ1) is 14.7. The molecule has 1 aromatic heterocycles. The minimum atomic E-state index is -0.376. The van der Waals surface area contributed by atoms with Gasteiger partial charge in [0.15, 0.2) is 0 Å². The molecule has 3 N–H and O–H groups in total. The average molecular weight is 300 g/mol. The highest BCUT2D eigenvalue weighted by molar-refractivity contribution is 5.99. The van der Waals surface area contributed by atoms with Gasteiger partial charge in [0.05, 0.1) is 10.3 Å². The Kier molecular flexibility index (Phi) is 3.94. The van der Waals surface area contributed by atoms with Gasteiger partial charge in [0.1, 0.15) is 0 Å². The number of hydrogen-bond donors (Lipinski definition) is 2. The van der Waals surface area contributed by atoms with E-state index in [2.05, 4.69) is 10.3 Å². The Morgan fingerprint density at radius 1 is 1.23 bits per heavy atom. The number of non-ortho nitro benzene ring substituents is 1. The highest BCUT2D eigenvalue weighted by atomic mass is 16.6. The summed E-state index contributed by atoms with van der Waals surface area (Å²) in [5.74, 6) is 0. The van der Waals surface area contributed by atoms with Crippen LogP contribution in [0.3, 0.4) is 0 Å². The van der Waals surface area contributed by atoms with Crippen LogP contribution in [0.4, 0.5) is 11.4 Å². The van der Waals surface area contributed by atoms with Crippen LogP contribution in [0, 0.1) is 10.1 Å². The lowest BCUT2D eigenvalue weighted by Gasteiger charge is -2.34. The molecule has 6 nitrogen and oxygen atoms in total. The van der Waals surface area contributed by atoms with Gasteiger partial charge in [-0.15, -0.1) is 0 Å². The van der Waals surface area contributed by atoms with E-state index in [9.17, 15) is 10.1 Å². The summed E-state index contributed by atoms with van der Waals surface area (Å²) in [6.07, 6.45) is 8.82. The number of pyridine rings is 1. The standard InChI is InChI=1S/C16H20N4O2/c17-16(7-2-1-3-8-16)11-19-14-4-5-15(20(21)22)13-10-18-9-6-12(13)14/h4-6,9-10,19H,1-3,7-8,11,17H2. The Bertz CT molecular complexity index is 696. The molecule has 1 aliphatic carbocycles. The number of anilines is 1. The second-order valence-corrected chi connectivity index (χ2v) is 6.09. The molecule has 2 aromatic rings. The molecule has 0 unspecified atom stereocenters. The summed E-state index contributed by atoms with van der Waals surface area (Å²) in [5, 5.41) is 15.9. The van der Waals surface area contributed by atoms with Crippen LogP contribution in [0.25, 0.3) is 10.8 Å². The topological polar surface area (TPSA) is 94.1 Å². The van der Waals surface area contributed by atoms with Crippen molar-refractivity contribution in [3.8, 4) is 0 Å². The lowest BCUT2D eigenvalue weighted by atomic mass is 9.82. The summed E-state index contributed by atoms with van der Waals surface area (Å²) in [6.45, 7) is 0.683. The van der Waals surface area contributed by atoms with Crippen LogP contribution in [0.5, 0.6) is 0 Å². The molecule has 1 fully saturated rings. The summed E-state index contributed by atoms with van der Waals surface area (Å²) in [4.78, 5) is 14.7. The predicted octanol–water partition coefficient (Wildman–Crippen LogP) is 3.22. The van der Waals surface area contributed by atoms with Gasteiger partial charge in [-0.05, 0) is 25.0 Å². The quantitative estimate of drug-likeness (QED) is 0.668. The summed E-state index contributed by atoms with van der Waals surface area (Å²) < 4.78 is 0.